The van der Waals surface area contributed by atoms with E-state index < -0.39 is 0 Å². The van der Waals surface area contributed by atoms with E-state index in [1.807, 2.05) is 0 Å². The van der Waals surface area contributed by atoms with E-state index in [0.29, 0.717) is 16.5 Å². The molecule has 0 aromatic heterocycles. The van der Waals surface area contributed by atoms with Gasteiger partial charge in [0.15, 0.2) is 0 Å². The second-order valence-corrected chi connectivity index (χ2v) is 3.33. The first-order valence-electron chi connectivity index (χ1n) is 4.33. The largest absolute Gasteiger partial charge is 0.497 e. The Balaban J connectivity index is 3.11. The van der Waals surface area contributed by atoms with E-state index in [0.717, 1.165) is 0 Å². The van der Waals surface area contributed by atoms with Crippen LogP contribution in [0.15, 0.2) is 30.9 Å². The number of amides is 1. The third kappa shape index (κ3) is 2.50. The summed E-state index contributed by atoms with van der Waals surface area (Å²) < 4.78 is 5.05. The lowest BCUT2D eigenvalue weighted by atomic mass is 10.2. The molecule has 0 aliphatic rings. The molecule has 0 spiro atoms. The molecular formula is C11H12ClNO2. The number of anilines is 1. The van der Waals surface area contributed by atoms with Crippen LogP contribution in [0, 0.1) is 0 Å². The number of hydrogen-bond acceptors (Lipinski definition) is 2. The van der Waals surface area contributed by atoms with Crippen molar-refractivity contribution in [3.05, 3.63) is 35.9 Å². The van der Waals surface area contributed by atoms with Gasteiger partial charge in [0.2, 0.25) is 5.91 Å². The molecule has 0 fully saturated rings. The second kappa shape index (κ2) is 4.84. The average molecular weight is 226 g/mol. The fourth-order valence-corrected chi connectivity index (χ4v) is 1.38. The van der Waals surface area contributed by atoms with E-state index in [4.69, 9.17) is 16.3 Å². The van der Waals surface area contributed by atoms with Crippen molar-refractivity contribution in [3.63, 3.8) is 0 Å². The Morgan fingerprint density at radius 2 is 2.27 bits per heavy atom. The van der Waals surface area contributed by atoms with Gasteiger partial charge in [-0.15, -0.1) is 0 Å². The van der Waals surface area contributed by atoms with Gasteiger partial charge in [0.1, 0.15) is 5.75 Å². The van der Waals surface area contributed by atoms with E-state index >= 15 is 0 Å². The summed E-state index contributed by atoms with van der Waals surface area (Å²) in [7, 11) is 3.19. The predicted molar refractivity (Wildman–Crippen MR) is 61.6 cm³/mol. The molecule has 0 saturated heterocycles. The standard InChI is InChI=1S/C11H12ClNO2/c1-4-11(14)13(2)10-7-8(15-3)5-6-9(10)12/h4-7H,1H2,2-3H3. The molecule has 0 aliphatic carbocycles. The number of carbonyl (C=O) groups is 1. The third-order valence-corrected chi connectivity index (χ3v) is 2.34. The van der Waals surface area contributed by atoms with E-state index in [2.05, 4.69) is 6.58 Å². The Morgan fingerprint density at radius 3 is 2.80 bits per heavy atom. The lowest BCUT2D eigenvalue weighted by Gasteiger charge is -2.17. The highest BCUT2D eigenvalue weighted by Gasteiger charge is 2.11. The average Bonchev–Trinajstić information content (AvgIpc) is 2.27. The molecule has 0 N–H and O–H groups in total. The van der Waals surface area contributed by atoms with E-state index in [1.165, 1.54) is 11.0 Å². The number of nitrogens with zero attached hydrogens (tertiary/aromatic N) is 1. The highest BCUT2D eigenvalue weighted by molar-refractivity contribution is 6.34. The highest BCUT2D eigenvalue weighted by atomic mass is 35.5. The summed E-state index contributed by atoms with van der Waals surface area (Å²) in [5.74, 6) is 0.434. The SMILES string of the molecule is C=CC(=O)N(C)c1cc(OC)ccc1Cl. The van der Waals surface area contributed by atoms with Crippen LogP contribution in [-0.4, -0.2) is 20.1 Å². The summed E-state index contributed by atoms with van der Waals surface area (Å²) in [5, 5.41) is 0.494. The molecule has 15 heavy (non-hydrogen) atoms. The van der Waals surface area contributed by atoms with Crippen molar-refractivity contribution in [2.45, 2.75) is 0 Å². The van der Waals surface area contributed by atoms with Gasteiger partial charge in [0.25, 0.3) is 0 Å². The molecule has 1 aromatic carbocycles. The summed E-state index contributed by atoms with van der Waals surface area (Å²) in [6, 6.07) is 5.12. The number of likely N-dealkylation sites (N-methyl/N-ethyl adjacent to an activating group) is 1. The van der Waals surface area contributed by atoms with Crippen molar-refractivity contribution in [2.24, 2.45) is 0 Å². The molecule has 80 valence electrons. The Morgan fingerprint density at radius 1 is 1.60 bits per heavy atom. The van der Waals surface area contributed by atoms with Crippen LogP contribution in [0.3, 0.4) is 0 Å². The minimum absolute atomic E-state index is 0.217. The Kier molecular flexibility index (Phi) is 3.74. The monoisotopic (exact) mass is 225 g/mol. The van der Waals surface area contributed by atoms with Crippen molar-refractivity contribution in [1.82, 2.24) is 0 Å². The molecule has 1 amide bonds. The van der Waals surface area contributed by atoms with Crippen LogP contribution >= 0.6 is 11.6 Å². The van der Waals surface area contributed by atoms with Crippen molar-refractivity contribution < 1.29 is 9.53 Å². The van der Waals surface area contributed by atoms with Gasteiger partial charge in [0.05, 0.1) is 17.8 Å². The molecule has 1 rings (SSSR count). The van der Waals surface area contributed by atoms with Crippen LogP contribution in [0.25, 0.3) is 0 Å². The molecule has 0 unspecified atom stereocenters. The fourth-order valence-electron chi connectivity index (χ4n) is 1.13. The molecule has 4 heteroatoms. The van der Waals surface area contributed by atoms with Gasteiger partial charge in [-0.25, -0.2) is 0 Å². The molecule has 0 radical (unpaired) electrons. The summed E-state index contributed by atoms with van der Waals surface area (Å²) in [6.07, 6.45) is 1.23. The fraction of sp³-hybridized carbons (Fsp3) is 0.182. The van der Waals surface area contributed by atoms with Crippen molar-refractivity contribution in [2.75, 3.05) is 19.1 Å². The van der Waals surface area contributed by atoms with Crippen LogP contribution in [0.4, 0.5) is 5.69 Å². The molecule has 3 nitrogen and oxygen atoms in total. The number of benzene rings is 1. The van der Waals surface area contributed by atoms with Gasteiger partial charge in [-0.3, -0.25) is 4.79 Å². The van der Waals surface area contributed by atoms with Crippen LogP contribution < -0.4 is 9.64 Å². The zero-order valence-electron chi connectivity index (χ0n) is 8.66. The first-order chi connectivity index (χ1) is 7.10. The summed E-state index contributed by atoms with van der Waals surface area (Å²) >= 11 is 5.97. The second-order valence-electron chi connectivity index (χ2n) is 2.92. The van der Waals surface area contributed by atoms with Crippen LogP contribution in [-0.2, 0) is 4.79 Å². The normalized spacial score (nSPS) is 9.53. The zero-order chi connectivity index (χ0) is 11.4. The van der Waals surface area contributed by atoms with Crippen molar-refractivity contribution in [1.29, 1.82) is 0 Å². The number of halogens is 1. The summed E-state index contributed by atoms with van der Waals surface area (Å²) in [5.41, 5.74) is 0.598. The zero-order valence-corrected chi connectivity index (χ0v) is 9.41. The lowest BCUT2D eigenvalue weighted by Crippen LogP contribution is -2.24. The van der Waals surface area contributed by atoms with E-state index in [9.17, 15) is 4.79 Å². The van der Waals surface area contributed by atoms with Gasteiger partial charge >= 0.3 is 0 Å². The van der Waals surface area contributed by atoms with Gasteiger partial charge < -0.3 is 9.64 Å². The first-order valence-corrected chi connectivity index (χ1v) is 4.71. The quantitative estimate of drug-likeness (QED) is 0.740. The number of methoxy groups -OCH3 is 1. The predicted octanol–water partition coefficient (Wildman–Crippen LogP) is 2.50. The van der Waals surface area contributed by atoms with Gasteiger partial charge in [0, 0.05) is 13.1 Å². The Labute approximate surface area is 93.9 Å². The minimum Gasteiger partial charge on any atom is -0.497 e. The van der Waals surface area contributed by atoms with Crippen molar-refractivity contribution in [3.8, 4) is 5.75 Å². The molecular weight excluding hydrogens is 214 g/mol. The number of ether oxygens (including phenoxy) is 1. The first kappa shape index (κ1) is 11.6. The van der Waals surface area contributed by atoms with Gasteiger partial charge in [-0.2, -0.15) is 0 Å². The van der Waals surface area contributed by atoms with Gasteiger partial charge in [-0.05, 0) is 18.2 Å². The summed E-state index contributed by atoms with van der Waals surface area (Å²) in [6.45, 7) is 3.41. The maximum absolute atomic E-state index is 11.4. The van der Waals surface area contributed by atoms with Gasteiger partial charge in [-0.1, -0.05) is 18.2 Å². The van der Waals surface area contributed by atoms with Crippen LogP contribution in [0.1, 0.15) is 0 Å². The molecule has 0 atom stereocenters. The molecule has 0 heterocycles. The molecule has 1 aromatic rings. The van der Waals surface area contributed by atoms with Crippen LogP contribution in [0.2, 0.25) is 5.02 Å². The summed E-state index contributed by atoms with van der Waals surface area (Å²) in [4.78, 5) is 12.8. The van der Waals surface area contributed by atoms with Crippen LogP contribution in [0.5, 0.6) is 5.75 Å². The molecule has 0 saturated carbocycles. The number of rotatable bonds is 3. The number of hydrogen-bond donors (Lipinski definition) is 0. The molecule has 0 bridgehead atoms. The Hall–Kier alpha value is -1.48. The van der Waals surface area contributed by atoms with E-state index in [-0.39, 0.29) is 5.91 Å². The number of carbonyl (C=O) groups excluding carboxylic acids is 1. The van der Waals surface area contributed by atoms with Crippen molar-refractivity contribution >= 4 is 23.2 Å². The van der Waals surface area contributed by atoms with E-state index in [1.54, 1.807) is 32.4 Å². The Bertz CT molecular complexity index is 390. The maximum atomic E-state index is 11.4. The lowest BCUT2D eigenvalue weighted by molar-refractivity contribution is -0.113. The smallest absolute Gasteiger partial charge is 0.250 e. The minimum atomic E-state index is -0.217. The molecule has 0 aliphatic heterocycles. The highest BCUT2D eigenvalue weighted by Crippen LogP contribution is 2.29. The maximum Gasteiger partial charge on any atom is 0.250 e. The topological polar surface area (TPSA) is 29.5 Å². The third-order valence-electron chi connectivity index (χ3n) is 2.02.